The predicted octanol–water partition coefficient (Wildman–Crippen LogP) is 3.24. The van der Waals surface area contributed by atoms with Crippen LogP contribution in [0.1, 0.15) is 16.7 Å². The number of ether oxygens (including phenoxy) is 1. The van der Waals surface area contributed by atoms with Crippen LogP contribution in [0, 0.1) is 0 Å². The van der Waals surface area contributed by atoms with Crippen molar-refractivity contribution in [2.75, 3.05) is 6.61 Å². The van der Waals surface area contributed by atoms with Gasteiger partial charge in [-0.05, 0) is 23.3 Å². The Balaban J connectivity index is 1.64. The fourth-order valence-corrected chi connectivity index (χ4v) is 3.07. The monoisotopic (exact) mass is 345 g/mol. The molecular formula is C17H16BrNO2. The first kappa shape index (κ1) is 14.1. The SMILES string of the molecule is O=C(Cc1ccccc1)NCc1cc(Br)cc2c1OCC2. The fourth-order valence-electron chi connectivity index (χ4n) is 2.51. The van der Waals surface area contributed by atoms with Crippen LogP contribution in [0.5, 0.6) is 5.75 Å². The number of carbonyl (C=O) groups is 1. The zero-order chi connectivity index (χ0) is 14.7. The summed E-state index contributed by atoms with van der Waals surface area (Å²) in [5, 5.41) is 2.96. The molecule has 0 saturated carbocycles. The highest BCUT2D eigenvalue weighted by molar-refractivity contribution is 9.10. The molecule has 108 valence electrons. The zero-order valence-electron chi connectivity index (χ0n) is 11.6. The highest BCUT2D eigenvalue weighted by atomic mass is 79.9. The molecule has 4 heteroatoms. The summed E-state index contributed by atoms with van der Waals surface area (Å²) in [7, 11) is 0. The summed E-state index contributed by atoms with van der Waals surface area (Å²) >= 11 is 3.51. The lowest BCUT2D eigenvalue weighted by atomic mass is 10.1. The van der Waals surface area contributed by atoms with Crippen LogP contribution in [0.4, 0.5) is 0 Å². The van der Waals surface area contributed by atoms with E-state index in [1.54, 1.807) is 0 Å². The second kappa shape index (κ2) is 6.31. The van der Waals surface area contributed by atoms with Crippen molar-refractivity contribution in [2.45, 2.75) is 19.4 Å². The van der Waals surface area contributed by atoms with E-state index in [9.17, 15) is 4.79 Å². The Labute approximate surface area is 132 Å². The molecule has 1 heterocycles. The number of nitrogens with one attached hydrogen (secondary N) is 1. The first-order valence-corrected chi connectivity index (χ1v) is 7.76. The zero-order valence-corrected chi connectivity index (χ0v) is 13.2. The van der Waals surface area contributed by atoms with Gasteiger partial charge in [-0.25, -0.2) is 0 Å². The molecule has 2 aromatic carbocycles. The lowest BCUT2D eigenvalue weighted by Crippen LogP contribution is -2.24. The lowest BCUT2D eigenvalue weighted by molar-refractivity contribution is -0.120. The fraction of sp³-hybridized carbons (Fsp3) is 0.235. The van der Waals surface area contributed by atoms with Crippen LogP contribution in [0.2, 0.25) is 0 Å². The average molecular weight is 346 g/mol. The van der Waals surface area contributed by atoms with Gasteiger partial charge in [-0.3, -0.25) is 4.79 Å². The number of carbonyl (C=O) groups excluding carboxylic acids is 1. The molecule has 2 aromatic rings. The minimum Gasteiger partial charge on any atom is -0.493 e. The van der Waals surface area contributed by atoms with Crippen LogP contribution in [-0.4, -0.2) is 12.5 Å². The summed E-state index contributed by atoms with van der Waals surface area (Å²) < 4.78 is 6.69. The normalized spacial score (nSPS) is 12.6. The number of rotatable bonds is 4. The van der Waals surface area contributed by atoms with Gasteiger partial charge >= 0.3 is 0 Å². The highest BCUT2D eigenvalue weighted by Crippen LogP contribution is 2.32. The van der Waals surface area contributed by atoms with Crippen LogP contribution >= 0.6 is 15.9 Å². The largest absolute Gasteiger partial charge is 0.493 e. The van der Waals surface area contributed by atoms with E-state index in [2.05, 4.69) is 27.3 Å². The van der Waals surface area contributed by atoms with Crippen molar-refractivity contribution >= 4 is 21.8 Å². The Bertz CT molecular complexity index is 655. The summed E-state index contributed by atoms with van der Waals surface area (Å²) in [6, 6.07) is 13.8. The summed E-state index contributed by atoms with van der Waals surface area (Å²) in [6.07, 6.45) is 1.33. The molecule has 1 aliphatic rings. The lowest BCUT2D eigenvalue weighted by Gasteiger charge is -2.10. The van der Waals surface area contributed by atoms with Crippen molar-refractivity contribution in [1.29, 1.82) is 0 Å². The molecule has 0 aromatic heterocycles. The van der Waals surface area contributed by atoms with Crippen molar-refractivity contribution in [2.24, 2.45) is 0 Å². The molecule has 0 radical (unpaired) electrons. The molecule has 0 bridgehead atoms. The van der Waals surface area contributed by atoms with E-state index in [0.29, 0.717) is 13.0 Å². The van der Waals surface area contributed by atoms with Crippen molar-refractivity contribution in [1.82, 2.24) is 5.32 Å². The number of benzene rings is 2. The third kappa shape index (κ3) is 3.45. The molecule has 3 rings (SSSR count). The Hall–Kier alpha value is -1.81. The van der Waals surface area contributed by atoms with Crippen LogP contribution in [0.3, 0.4) is 0 Å². The number of hydrogen-bond donors (Lipinski definition) is 1. The molecule has 1 aliphatic heterocycles. The van der Waals surface area contributed by atoms with Crippen molar-refractivity contribution in [3.63, 3.8) is 0 Å². The van der Waals surface area contributed by atoms with Crippen LogP contribution in [-0.2, 0) is 24.2 Å². The Kier molecular flexibility index (Phi) is 4.25. The van der Waals surface area contributed by atoms with Gasteiger partial charge in [-0.2, -0.15) is 0 Å². The van der Waals surface area contributed by atoms with Gasteiger partial charge in [0.2, 0.25) is 5.91 Å². The maximum Gasteiger partial charge on any atom is 0.224 e. The summed E-state index contributed by atoms with van der Waals surface area (Å²) in [6.45, 7) is 1.21. The topological polar surface area (TPSA) is 38.3 Å². The van der Waals surface area contributed by atoms with Gasteiger partial charge in [0.15, 0.2) is 0 Å². The van der Waals surface area contributed by atoms with Gasteiger partial charge in [0.25, 0.3) is 0 Å². The Morgan fingerprint density at radius 1 is 1.24 bits per heavy atom. The predicted molar refractivity (Wildman–Crippen MR) is 85.3 cm³/mol. The molecule has 21 heavy (non-hydrogen) atoms. The van der Waals surface area contributed by atoms with Crippen molar-refractivity contribution < 1.29 is 9.53 Å². The summed E-state index contributed by atoms with van der Waals surface area (Å²) in [5.41, 5.74) is 3.25. The second-order valence-electron chi connectivity index (χ2n) is 5.09. The first-order valence-electron chi connectivity index (χ1n) is 6.97. The number of halogens is 1. The van der Waals surface area contributed by atoms with E-state index in [4.69, 9.17) is 4.74 Å². The molecule has 0 atom stereocenters. The van der Waals surface area contributed by atoms with E-state index in [-0.39, 0.29) is 5.91 Å². The minimum absolute atomic E-state index is 0.0212. The average Bonchev–Trinajstić information content (AvgIpc) is 2.94. The van der Waals surface area contributed by atoms with Gasteiger partial charge in [0.05, 0.1) is 13.0 Å². The van der Waals surface area contributed by atoms with E-state index in [0.717, 1.165) is 34.4 Å². The van der Waals surface area contributed by atoms with Crippen molar-refractivity contribution in [3.8, 4) is 5.75 Å². The molecule has 3 nitrogen and oxygen atoms in total. The molecule has 0 aliphatic carbocycles. The number of hydrogen-bond acceptors (Lipinski definition) is 2. The molecule has 0 spiro atoms. The second-order valence-corrected chi connectivity index (χ2v) is 6.01. The Morgan fingerprint density at radius 3 is 2.86 bits per heavy atom. The van der Waals surface area contributed by atoms with E-state index in [1.165, 1.54) is 5.56 Å². The van der Waals surface area contributed by atoms with Gasteiger partial charge in [0.1, 0.15) is 5.75 Å². The van der Waals surface area contributed by atoms with Crippen LogP contribution < -0.4 is 10.1 Å². The van der Waals surface area contributed by atoms with Gasteiger partial charge in [-0.1, -0.05) is 46.3 Å². The van der Waals surface area contributed by atoms with Crippen LogP contribution in [0.25, 0.3) is 0 Å². The van der Waals surface area contributed by atoms with Gasteiger partial charge < -0.3 is 10.1 Å². The summed E-state index contributed by atoms with van der Waals surface area (Å²) in [5.74, 6) is 0.950. The molecule has 0 unspecified atom stereocenters. The molecule has 1 N–H and O–H groups in total. The molecule has 1 amide bonds. The van der Waals surface area contributed by atoms with Gasteiger partial charge in [-0.15, -0.1) is 0 Å². The van der Waals surface area contributed by atoms with E-state index in [1.807, 2.05) is 36.4 Å². The van der Waals surface area contributed by atoms with Crippen molar-refractivity contribution in [3.05, 3.63) is 63.6 Å². The van der Waals surface area contributed by atoms with Gasteiger partial charge in [0, 0.05) is 23.0 Å². The molecular weight excluding hydrogens is 330 g/mol. The quantitative estimate of drug-likeness (QED) is 0.923. The Morgan fingerprint density at radius 2 is 2.05 bits per heavy atom. The summed E-state index contributed by atoms with van der Waals surface area (Å²) in [4.78, 5) is 12.0. The smallest absolute Gasteiger partial charge is 0.224 e. The van der Waals surface area contributed by atoms with E-state index < -0.39 is 0 Å². The van der Waals surface area contributed by atoms with E-state index >= 15 is 0 Å². The number of fused-ring (bicyclic) bond motifs is 1. The standard InChI is InChI=1S/C17H16BrNO2/c18-15-9-13-6-7-21-17(13)14(10-15)11-19-16(20)8-12-4-2-1-3-5-12/h1-5,9-10H,6-8,11H2,(H,19,20). The third-order valence-corrected chi connectivity index (χ3v) is 3.97. The molecule has 0 fully saturated rings. The number of amides is 1. The maximum absolute atomic E-state index is 12.0. The van der Waals surface area contributed by atoms with Crippen LogP contribution in [0.15, 0.2) is 46.9 Å². The maximum atomic E-state index is 12.0. The highest BCUT2D eigenvalue weighted by Gasteiger charge is 2.17. The molecule has 0 saturated heterocycles. The first-order chi connectivity index (χ1) is 10.2. The third-order valence-electron chi connectivity index (χ3n) is 3.51. The minimum atomic E-state index is 0.0212.